The van der Waals surface area contributed by atoms with Crippen molar-refractivity contribution in [3.63, 3.8) is 0 Å². The normalized spacial score (nSPS) is 16.2. The number of sulfonamides is 1. The van der Waals surface area contributed by atoms with Crippen molar-refractivity contribution >= 4 is 26.5 Å². The minimum Gasteiger partial charge on any atom is -0.313 e. The van der Waals surface area contributed by atoms with Crippen LogP contribution >= 0.6 is 11.3 Å². The van der Waals surface area contributed by atoms with Crippen LogP contribution in [0.2, 0.25) is 0 Å². The van der Waals surface area contributed by atoms with Gasteiger partial charge in [-0.1, -0.05) is 13.8 Å². The number of hydrogen-bond acceptors (Lipinski definition) is 5. The van der Waals surface area contributed by atoms with Crippen molar-refractivity contribution in [3.8, 4) is 0 Å². The molecule has 0 spiro atoms. The van der Waals surface area contributed by atoms with E-state index < -0.39 is 10.0 Å². The van der Waals surface area contributed by atoms with E-state index >= 15 is 0 Å². The molecule has 0 saturated heterocycles. The van der Waals surface area contributed by atoms with Crippen LogP contribution in [0.5, 0.6) is 0 Å². The van der Waals surface area contributed by atoms with Crippen molar-refractivity contribution in [2.24, 2.45) is 0 Å². The van der Waals surface area contributed by atoms with Crippen LogP contribution < -0.4 is 10.0 Å². The van der Waals surface area contributed by atoms with E-state index in [4.69, 9.17) is 0 Å². The zero-order valence-electron chi connectivity index (χ0n) is 10.6. The smallest absolute Gasteiger partial charge is 0.235 e. The number of nitrogens with zero attached hydrogens (tertiary/aromatic N) is 1. The Labute approximate surface area is 112 Å². The molecule has 2 rings (SSSR count). The maximum Gasteiger partial charge on any atom is 0.235 e. The summed E-state index contributed by atoms with van der Waals surface area (Å²) in [5.41, 5.74) is 0.925. The van der Waals surface area contributed by atoms with Gasteiger partial charge < -0.3 is 5.32 Å². The molecule has 0 unspecified atom stereocenters. The van der Waals surface area contributed by atoms with E-state index in [9.17, 15) is 8.42 Å². The molecule has 0 atom stereocenters. The number of rotatable bonds is 7. The van der Waals surface area contributed by atoms with Gasteiger partial charge >= 0.3 is 0 Å². The number of thiazole rings is 1. The van der Waals surface area contributed by atoms with Gasteiger partial charge in [0.1, 0.15) is 0 Å². The largest absolute Gasteiger partial charge is 0.313 e. The number of aromatic nitrogens is 1. The number of hydrogen-bond donors (Lipinski definition) is 2. The average Bonchev–Trinajstić information content (AvgIpc) is 2.96. The molecule has 0 bridgehead atoms. The van der Waals surface area contributed by atoms with Gasteiger partial charge in [0, 0.05) is 18.0 Å². The lowest BCUT2D eigenvalue weighted by Gasteiger charge is -2.05. The van der Waals surface area contributed by atoms with Crippen molar-refractivity contribution in [2.45, 2.75) is 38.6 Å². The minimum absolute atomic E-state index is 0.0973. The molecule has 0 radical (unpaired) electrons. The van der Waals surface area contributed by atoms with Crippen LogP contribution in [0.3, 0.4) is 0 Å². The van der Waals surface area contributed by atoms with E-state index in [1.807, 2.05) is 19.2 Å². The SMILES string of the molecule is CC(C)c1csc(NS(=O)(=O)CCNC2CC2)n1. The maximum absolute atomic E-state index is 11.8. The molecule has 2 N–H and O–H groups in total. The topological polar surface area (TPSA) is 71.1 Å². The van der Waals surface area contributed by atoms with Gasteiger partial charge in [0.15, 0.2) is 5.13 Å². The fraction of sp³-hybridized carbons (Fsp3) is 0.727. The molecule has 1 fully saturated rings. The van der Waals surface area contributed by atoms with Crippen LogP contribution in [0.1, 0.15) is 38.3 Å². The molecule has 1 aliphatic carbocycles. The fourth-order valence-electron chi connectivity index (χ4n) is 1.47. The summed E-state index contributed by atoms with van der Waals surface area (Å²) in [5.74, 6) is 0.413. The lowest BCUT2D eigenvalue weighted by atomic mass is 10.2. The molecule has 7 heteroatoms. The lowest BCUT2D eigenvalue weighted by molar-refractivity contribution is 0.595. The van der Waals surface area contributed by atoms with Gasteiger partial charge in [-0.25, -0.2) is 13.4 Å². The van der Waals surface area contributed by atoms with Crippen LogP contribution in [0.25, 0.3) is 0 Å². The Kier molecular flexibility index (Phi) is 4.24. The van der Waals surface area contributed by atoms with Gasteiger partial charge in [-0.2, -0.15) is 0 Å². The quantitative estimate of drug-likeness (QED) is 0.802. The van der Waals surface area contributed by atoms with E-state index in [1.165, 1.54) is 11.3 Å². The second-order valence-electron chi connectivity index (χ2n) is 4.88. The summed E-state index contributed by atoms with van der Waals surface area (Å²) in [7, 11) is -3.28. The van der Waals surface area contributed by atoms with Gasteiger partial charge in [0.2, 0.25) is 10.0 Å². The monoisotopic (exact) mass is 289 g/mol. The Morgan fingerprint density at radius 3 is 2.78 bits per heavy atom. The van der Waals surface area contributed by atoms with Crippen molar-refractivity contribution in [1.82, 2.24) is 10.3 Å². The highest BCUT2D eigenvalue weighted by molar-refractivity contribution is 7.92. The third-order valence-electron chi connectivity index (χ3n) is 2.74. The second kappa shape index (κ2) is 5.54. The second-order valence-corrected chi connectivity index (χ2v) is 7.58. The van der Waals surface area contributed by atoms with Crippen molar-refractivity contribution in [2.75, 3.05) is 17.0 Å². The zero-order chi connectivity index (χ0) is 13.2. The van der Waals surface area contributed by atoms with Crippen LogP contribution in [0, 0.1) is 0 Å². The molecule has 1 aromatic heterocycles. The first-order valence-corrected chi connectivity index (χ1v) is 8.69. The van der Waals surface area contributed by atoms with Crippen molar-refractivity contribution in [3.05, 3.63) is 11.1 Å². The predicted octanol–water partition coefficient (Wildman–Crippen LogP) is 1.76. The van der Waals surface area contributed by atoms with Gasteiger partial charge in [-0.05, 0) is 18.8 Å². The first kappa shape index (κ1) is 13.8. The summed E-state index contributed by atoms with van der Waals surface area (Å²) >= 11 is 1.34. The fourth-order valence-corrected chi connectivity index (χ4v) is 3.56. The molecule has 0 aromatic carbocycles. The molecule has 102 valence electrons. The van der Waals surface area contributed by atoms with E-state index in [0.717, 1.165) is 18.5 Å². The molecule has 1 saturated carbocycles. The molecule has 0 amide bonds. The molecule has 1 heterocycles. The Hall–Kier alpha value is -0.660. The Bertz CT molecular complexity index is 492. The highest BCUT2D eigenvalue weighted by Crippen LogP contribution is 2.22. The van der Waals surface area contributed by atoms with Gasteiger partial charge in [-0.15, -0.1) is 11.3 Å². The van der Waals surface area contributed by atoms with E-state index in [-0.39, 0.29) is 5.75 Å². The van der Waals surface area contributed by atoms with Gasteiger partial charge in [0.05, 0.1) is 11.4 Å². The maximum atomic E-state index is 11.8. The lowest BCUT2D eigenvalue weighted by Crippen LogP contribution is -2.27. The first-order valence-electron chi connectivity index (χ1n) is 6.15. The predicted molar refractivity (Wildman–Crippen MR) is 74.6 cm³/mol. The molecule has 1 aliphatic rings. The molecular formula is C11H19N3O2S2. The molecule has 5 nitrogen and oxygen atoms in total. The first-order chi connectivity index (χ1) is 8.46. The van der Waals surface area contributed by atoms with E-state index in [0.29, 0.717) is 23.6 Å². The van der Waals surface area contributed by atoms with Crippen LogP contribution in [0.15, 0.2) is 5.38 Å². The Morgan fingerprint density at radius 1 is 1.50 bits per heavy atom. The Morgan fingerprint density at radius 2 is 2.22 bits per heavy atom. The zero-order valence-corrected chi connectivity index (χ0v) is 12.3. The van der Waals surface area contributed by atoms with E-state index in [2.05, 4.69) is 15.0 Å². The summed E-state index contributed by atoms with van der Waals surface area (Å²) in [4.78, 5) is 4.26. The van der Waals surface area contributed by atoms with Gasteiger partial charge in [-0.3, -0.25) is 4.72 Å². The van der Waals surface area contributed by atoms with Gasteiger partial charge in [0.25, 0.3) is 0 Å². The number of anilines is 1. The molecule has 0 aliphatic heterocycles. The van der Waals surface area contributed by atoms with Crippen molar-refractivity contribution < 1.29 is 8.42 Å². The molecule has 1 aromatic rings. The van der Waals surface area contributed by atoms with Crippen LogP contribution in [0.4, 0.5) is 5.13 Å². The third kappa shape index (κ3) is 4.22. The summed E-state index contributed by atoms with van der Waals surface area (Å²) in [6, 6.07) is 0.535. The van der Waals surface area contributed by atoms with E-state index in [1.54, 1.807) is 0 Å². The number of nitrogens with one attached hydrogen (secondary N) is 2. The van der Waals surface area contributed by atoms with Crippen LogP contribution in [-0.2, 0) is 10.0 Å². The summed E-state index contributed by atoms with van der Waals surface area (Å²) in [6.45, 7) is 4.57. The highest BCUT2D eigenvalue weighted by atomic mass is 32.2. The average molecular weight is 289 g/mol. The molecular weight excluding hydrogens is 270 g/mol. The summed E-state index contributed by atoms with van der Waals surface area (Å²) in [5, 5.41) is 5.54. The highest BCUT2D eigenvalue weighted by Gasteiger charge is 2.21. The summed E-state index contributed by atoms with van der Waals surface area (Å²) in [6.07, 6.45) is 2.33. The summed E-state index contributed by atoms with van der Waals surface area (Å²) < 4.78 is 26.1. The minimum atomic E-state index is -3.28. The Balaban J connectivity index is 1.85. The molecule has 18 heavy (non-hydrogen) atoms. The standard InChI is InChI=1S/C11H19N3O2S2/c1-8(2)10-7-17-11(13-10)14-18(15,16)6-5-12-9-3-4-9/h7-9,12H,3-6H2,1-2H3,(H,13,14). The third-order valence-corrected chi connectivity index (χ3v) is 4.89. The van der Waals surface area contributed by atoms with Crippen molar-refractivity contribution in [1.29, 1.82) is 0 Å². The van der Waals surface area contributed by atoms with Crippen LogP contribution in [-0.4, -0.2) is 31.7 Å².